The fraction of sp³-hybridized carbons (Fsp3) is 0.579. The van der Waals surface area contributed by atoms with Gasteiger partial charge in [-0.05, 0) is 43.2 Å². The van der Waals surface area contributed by atoms with Crippen molar-refractivity contribution in [3.63, 3.8) is 0 Å². The molecule has 1 heterocycles. The van der Waals surface area contributed by atoms with Gasteiger partial charge >= 0.3 is 0 Å². The molecule has 0 bridgehead atoms. The molecule has 0 spiro atoms. The Labute approximate surface area is 144 Å². The van der Waals surface area contributed by atoms with Crippen LogP contribution in [0, 0.1) is 12.8 Å². The Bertz CT molecular complexity index is 571. The van der Waals surface area contributed by atoms with E-state index in [2.05, 4.69) is 48.9 Å². The number of nitrogens with one attached hydrogen (secondary N) is 3. The Morgan fingerprint density at radius 3 is 2.75 bits per heavy atom. The summed E-state index contributed by atoms with van der Waals surface area (Å²) in [5.41, 5.74) is 2.43. The van der Waals surface area contributed by atoms with Gasteiger partial charge in [0.1, 0.15) is 6.04 Å². The summed E-state index contributed by atoms with van der Waals surface area (Å²) in [6.45, 7) is 7.27. The first-order valence-corrected chi connectivity index (χ1v) is 8.85. The molecule has 0 aliphatic carbocycles. The molecule has 5 nitrogen and oxygen atoms in total. The summed E-state index contributed by atoms with van der Waals surface area (Å²) in [5.74, 6) is 0.163. The van der Waals surface area contributed by atoms with E-state index in [1.165, 1.54) is 11.1 Å². The molecule has 2 rings (SSSR count). The highest BCUT2D eigenvalue weighted by Crippen LogP contribution is 2.24. The van der Waals surface area contributed by atoms with Gasteiger partial charge in [0.05, 0.1) is 6.54 Å². The molecule has 1 aliphatic rings. The van der Waals surface area contributed by atoms with Crippen molar-refractivity contribution >= 4 is 11.8 Å². The van der Waals surface area contributed by atoms with Gasteiger partial charge in [0.25, 0.3) is 0 Å². The van der Waals surface area contributed by atoms with Crippen LogP contribution < -0.4 is 16.0 Å². The Morgan fingerprint density at radius 2 is 2.04 bits per heavy atom. The van der Waals surface area contributed by atoms with Crippen LogP contribution in [0.1, 0.15) is 50.3 Å². The maximum Gasteiger partial charge on any atom is 0.242 e. The van der Waals surface area contributed by atoms with Gasteiger partial charge in [-0.3, -0.25) is 9.59 Å². The molecule has 1 aliphatic heterocycles. The fourth-order valence-electron chi connectivity index (χ4n) is 3.17. The smallest absolute Gasteiger partial charge is 0.242 e. The third-order valence-corrected chi connectivity index (χ3v) is 4.54. The predicted octanol–water partition coefficient (Wildman–Crippen LogP) is 2.07. The van der Waals surface area contributed by atoms with Gasteiger partial charge in [-0.15, -0.1) is 0 Å². The van der Waals surface area contributed by atoms with Gasteiger partial charge in [-0.1, -0.05) is 38.1 Å². The Balaban J connectivity index is 1.93. The maximum absolute atomic E-state index is 12.3. The SMILES string of the molecule is Cc1ccccc1[C@H](NCC(=O)N[C@@H]1CCCCNC1=O)C(C)C. The summed E-state index contributed by atoms with van der Waals surface area (Å²) in [7, 11) is 0. The lowest BCUT2D eigenvalue weighted by atomic mass is 9.92. The minimum absolute atomic E-state index is 0.0693. The lowest BCUT2D eigenvalue weighted by Crippen LogP contribution is -2.48. The van der Waals surface area contributed by atoms with Crippen LogP contribution in [0.3, 0.4) is 0 Å². The highest BCUT2D eigenvalue weighted by Gasteiger charge is 2.23. The number of rotatable bonds is 6. The molecule has 24 heavy (non-hydrogen) atoms. The topological polar surface area (TPSA) is 70.2 Å². The van der Waals surface area contributed by atoms with Crippen molar-refractivity contribution in [3.05, 3.63) is 35.4 Å². The van der Waals surface area contributed by atoms with Gasteiger partial charge in [0.2, 0.25) is 11.8 Å². The standard InChI is InChI=1S/C19H29N3O2/c1-13(2)18(15-9-5-4-8-14(15)3)21-12-17(23)22-16-10-6-7-11-20-19(16)24/h4-5,8-9,13,16,18,21H,6-7,10-12H2,1-3H3,(H,20,24)(H,22,23)/t16-,18-/m1/s1. The Hall–Kier alpha value is -1.88. The zero-order valence-corrected chi connectivity index (χ0v) is 14.9. The average molecular weight is 331 g/mol. The van der Waals surface area contributed by atoms with E-state index >= 15 is 0 Å². The summed E-state index contributed by atoms with van der Waals surface area (Å²) >= 11 is 0. The second-order valence-corrected chi connectivity index (χ2v) is 6.87. The van der Waals surface area contributed by atoms with Gasteiger partial charge in [0.15, 0.2) is 0 Å². The summed E-state index contributed by atoms with van der Waals surface area (Å²) < 4.78 is 0. The van der Waals surface area contributed by atoms with Crippen LogP contribution in [0.4, 0.5) is 0 Å². The van der Waals surface area contributed by atoms with Gasteiger partial charge in [0, 0.05) is 12.6 Å². The van der Waals surface area contributed by atoms with Crippen molar-refractivity contribution in [2.45, 2.75) is 52.1 Å². The molecule has 0 aromatic heterocycles. The maximum atomic E-state index is 12.3. The highest BCUT2D eigenvalue weighted by molar-refractivity contribution is 5.88. The van der Waals surface area contributed by atoms with Gasteiger partial charge < -0.3 is 16.0 Å². The van der Waals surface area contributed by atoms with E-state index in [0.717, 1.165) is 12.8 Å². The van der Waals surface area contributed by atoms with Crippen molar-refractivity contribution < 1.29 is 9.59 Å². The molecule has 1 aromatic carbocycles. The van der Waals surface area contributed by atoms with E-state index in [9.17, 15) is 9.59 Å². The molecule has 3 N–H and O–H groups in total. The lowest BCUT2D eigenvalue weighted by Gasteiger charge is -2.25. The molecular formula is C19H29N3O2. The number of hydrogen-bond donors (Lipinski definition) is 3. The lowest BCUT2D eigenvalue weighted by molar-refractivity contribution is -0.128. The molecule has 0 radical (unpaired) electrons. The second kappa shape index (κ2) is 8.83. The molecule has 2 atom stereocenters. The van der Waals surface area contributed by atoms with Crippen LogP contribution in [0.15, 0.2) is 24.3 Å². The van der Waals surface area contributed by atoms with E-state index in [1.807, 2.05) is 12.1 Å². The summed E-state index contributed by atoms with van der Waals surface area (Å²) in [5, 5.41) is 9.05. The van der Waals surface area contributed by atoms with Crippen LogP contribution >= 0.6 is 0 Å². The number of hydrogen-bond acceptors (Lipinski definition) is 3. The quantitative estimate of drug-likeness (QED) is 0.747. The molecule has 2 amide bonds. The summed E-state index contributed by atoms with van der Waals surface area (Å²) in [4.78, 5) is 24.2. The number of benzene rings is 1. The minimum Gasteiger partial charge on any atom is -0.354 e. The molecule has 132 valence electrons. The van der Waals surface area contributed by atoms with Crippen LogP contribution in [-0.2, 0) is 9.59 Å². The number of carbonyl (C=O) groups is 2. The zero-order valence-electron chi connectivity index (χ0n) is 14.9. The number of carbonyl (C=O) groups excluding carboxylic acids is 2. The van der Waals surface area contributed by atoms with Crippen molar-refractivity contribution in [2.24, 2.45) is 5.92 Å². The average Bonchev–Trinajstić information content (AvgIpc) is 2.74. The molecule has 1 saturated heterocycles. The highest BCUT2D eigenvalue weighted by atomic mass is 16.2. The van der Waals surface area contributed by atoms with Crippen molar-refractivity contribution in [1.82, 2.24) is 16.0 Å². The molecular weight excluding hydrogens is 302 g/mol. The zero-order chi connectivity index (χ0) is 17.5. The molecule has 1 aromatic rings. The fourth-order valence-corrected chi connectivity index (χ4v) is 3.17. The normalized spacial score (nSPS) is 19.5. The van der Waals surface area contributed by atoms with Crippen LogP contribution in [0.2, 0.25) is 0 Å². The van der Waals surface area contributed by atoms with E-state index in [0.29, 0.717) is 18.9 Å². The van der Waals surface area contributed by atoms with Crippen molar-refractivity contribution in [2.75, 3.05) is 13.1 Å². The van der Waals surface area contributed by atoms with Crippen LogP contribution in [0.5, 0.6) is 0 Å². The second-order valence-electron chi connectivity index (χ2n) is 6.87. The number of amides is 2. The van der Waals surface area contributed by atoms with E-state index in [-0.39, 0.29) is 24.4 Å². The molecule has 1 fully saturated rings. The van der Waals surface area contributed by atoms with E-state index in [1.54, 1.807) is 0 Å². The largest absolute Gasteiger partial charge is 0.354 e. The van der Waals surface area contributed by atoms with Gasteiger partial charge in [-0.2, -0.15) is 0 Å². The molecule has 5 heteroatoms. The minimum atomic E-state index is -0.405. The van der Waals surface area contributed by atoms with E-state index in [4.69, 9.17) is 0 Å². The molecule has 0 unspecified atom stereocenters. The Kier molecular flexibility index (Phi) is 6.79. The summed E-state index contributed by atoms with van der Waals surface area (Å²) in [6, 6.07) is 7.94. The first-order chi connectivity index (χ1) is 11.5. The van der Waals surface area contributed by atoms with Crippen LogP contribution in [0.25, 0.3) is 0 Å². The Morgan fingerprint density at radius 1 is 1.29 bits per heavy atom. The predicted molar refractivity (Wildman–Crippen MR) is 95.6 cm³/mol. The summed E-state index contributed by atoms with van der Waals surface area (Å²) in [6.07, 6.45) is 2.64. The van der Waals surface area contributed by atoms with Gasteiger partial charge in [-0.25, -0.2) is 0 Å². The first kappa shape index (κ1) is 18.5. The monoisotopic (exact) mass is 331 g/mol. The third-order valence-electron chi connectivity index (χ3n) is 4.54. The first-order valence-electron chi connectivity index (χ1n) is 8.85. The molecule has 0 saturated carbocycles. The van der Waals surface area contributed by atoms with Crippen molar-refractivity contribution in [3.8, 4) is 0 Å². The van der Waals surface area contributed by atoms with Crippen molar-refractivity contribution in [1.29, 1.82) is 0 Å². The van der Waals surface area contributed by atoms with Crippen LogP contribution in [-0.4, -0.2) is 30.9 Å². The number of aryl methyl sites for hydroxylation is 1. The van der Waals surface area contributed by atoms with E-state index < -0.39 is 6.04 Å². The third kappa shape index (κ3) is 5.06.